The zero-order valence-corrected chi connectivity index (χ0v) is 8.95. The highest BCUT2D eigenvalue weighted by molar-refractivity contribution is 6.02. The number of Topliss-reactive ketones (excluding diaryl/α,β-unsaturated/α-hetero) is 1. The summed E-state index contributed by atoms with van der Waals surface area (Å²) < 4.78 is 0. The summed E-state index contributed by atoms with van der Waals surface area (Å²) in [4.78, 5) is 22.3. The Morgan fingerprint density at radius 2 is 2.00 bits per heavy atom. The smallest absolute Gasteiger partial charge is 0.234 e. The molecule has 1 radical (unpaired) electrons. The summed E-state index contributed by atoms with van der Waals surface area (Å²) in [7, 11) is 0. The summed E-state index contributed by atoms with van der Waals surface area (Å²) in [5, 5.41) is 0. The Kier molecular flexibility index (Phi) is 4.75. The fourth-order valence-corrected chi connectivity index (χ4v) is 1.49. The first-order valence-corrected chi connectivity index (χ1v) is 5.30. The quantitative estimate of drug-likeness (QED) is 0.526. The van der Waals surface area contributed by atoms with Crippen LogP contribution in [0.3, 0.4) is 0 Å². The standard InChI is InChI=1S/C13H15O2/c1-2-3-4-9-13(15)12-8-6-5-7-11(12)10-14/h5-8H,2-4,9H2,1H3. The van der Waals surface area contributed by atoms with E-state index >= 15 is 0 Å². The van der Waals surface area contributed by atoms with Crippen LogP contribution in [0.15, 0.2) is 24.3 Å². The molecule has 1 aromatic carbocycles. The first-order chi connectivity index (χ1) is 7.29. The molecule has 2 nitrogen and oxygen atoms in total. The first-order valence-electron chi connectivity index (χ1n) is 5.30. The molecule has 0 fully saturated rings. The van der Waals surface area contributed by atoms with Crippen LogP contribution in [0, 0.1) is 0 Å². The van der Waals surface area contributed by atoms with Gasteiger partial charge in [-0.2, -0.15) is 0 Å². The highest BCUT2D eigenvalue weighted by Crippen LogP contribution is 2.11. The summed E-state index contributed by atoms with van der Waals surface area (Å²) >= 11 is 0. The van der Waals surface area contributed by atoms with E-state index in [1.165, 1.54) is 0 Å². The molecule has 79 valence electrons. The second-order valence-corrected chi connectivity index (χ2v) is 3.53. The lowest BCUT2D eigenvalue weighted by Gasteiger charge is -2.02. The van der Waals surface area contributed by atoms with Gasteiger partial charge in [-0.25, -0.2) is 0 Å². The Hall–Kier alpha value is -1.44. The molecule has 0 amide bonds. The predicted molar refractivity (Wildman–Crippen MR) is 59.7 cm³/mol. The van der Waals surface area contributed by atoms with E-state index in [0.717, 1.165) is 19.3 Å². The molecule has 15 heavy (non-hydrogen) atoms. The van der Waals surface area contributed by atoms with Crippen molar-refractivity contribution in [3.8, 4) is 0 Å². The maximum Gasteiger partial charge on any atom is 0.234 e. The number of ketones is 1. The van der Waals surface area contributed by atoms with Crippen molar-refractivity contribution in [3.63, 3.8) is 0 Å². The molecular formula is C13H15O2. The maximum absolute atomic E-state index is 11.7. The van der Waals surface area contributed by atoms with E-state index in [1.807, 2.05) is 0 Å². The Morgan fingerprint density at radius 3 is 2.67 bits per heavy atom. The summed E-state index contributed by atoms with van der Waals surface area (Å²) in [6.07, 6.45) is 5.35. The molecule has 1 aromatic rings. The van der Waals surface area contributed by atoms with Crippen molar-refractivity contribution in [2.24, 2.45) is 0 Å². The summed E-state index contributed by atoms with van der Waals surface area (Å²) in [6, 6.07) is 6.82. The van der Waals surface area contributed by atoms with Gasteiger partial charge in [-0.3, -0.25) is 9.59 Å². The second kappa shape index (κ2) is 6.12. The topological polar surface area (TPSA) is 34.1 Å². The molecule has 1 rings (SSSR count). The highest BCUT2D eigenvalue weighted by Gasteiger charge is 2.09. The largest absolute Gasteiger partial charge is 0.294 e. The van der Waals surface area contributed by atoms with Crippen LogP contribution in [0.5, 0.6) is 0 Å². The molecule has 0 atom stereocenters. The number of carbonyl (C=O) groups excluding carboxylic acids is 2. The van der Waals surface area contributed by atoms with E-state index in [-0.39, 0.29) is 5.78 Å². The van der Waals surface area contributed by atoms with Crippen molar-refractivity contribution in [1.29, 1.82) is 0 Å². The van der Waals surface area contributed by atoms with Gasteiger partial charge < -0.3 is 0 Å². The van der Waals surface area contributed by atoms with Crippen molar-refractivity contribution < 1.29 is 9.59 Å². The minimum Gasteiger partial charge on any atom is -0.294 e. The zero-order chi connectivity index (χ0) is 11.1. The van der Waals surface area contributed by atoms with E-state index in [2.05, 4.69) is 6.92 Å². The molecular weight excluding hydrogens is 188 g/mol. The van der Waals surface area contributed by atoms with Crippen LogP contribution in [0.25, 0.3) is 0 Å². The van der Waals surface area contributed by atoms with Crippen LogP contribution in [-0.4, -0.2) is 12.1 Å². The van der Waals surface area contributed by atoms with Crippen LogP contribution >= 0.6 is 0 Å². The molecule has 0 N–H and O–H groups in total. The van der Waals surface area contributed by atoms with Gasteiger partial charge in [0.05, 0.1) is 0 Å². The summed E-state index contributed by atoms with van der Waals surface area (Å²) in [5.41, 5.74) is 0.877. The third-order valence-corrected chi connectivity index (χ3v) is 2.34. The molecule has 0 heterocycles. The van der Waals surface area contributed by atoms with E-state index in [4.69, 9.17) is 0 Å². The van der Waals surface area contributed by atoms with Crippen molar-refractivity contribution >= 4 is 12.1 Å². The van der Waals surface area contributed by atoms with Crippen molar-refractivity contribution in [3.05, 3.63) is 35.4 Å². The molecule has 0 aromatic heterocycles. The number of rotatable bonds is 6. The van der Waals surface area contributed by atoms with Crippen molar-refractivity contribution in [2.75, 3.05) is 0 Å². The van der Waals surface area contributed by atoms with Crippen LogP contribution in [-0.2, 0) is 4.79 Å². The van der Waals surface area contributed by atoms with Gasteiger partial charge in [0.2, 0.25) is 6.29 Å². The Balaban J connectivity index is 2.68. The summed E-state index contributed by atoms with van der Waals surface area (Å²) in [6.45, 7) is 2.09. The molecule has 0 spiro atoms. The first kappa shape index (κ1) is 11.6. The summed E-state index contributed by atoms with van der Waals surface area (Å²) in [5.74, 6) is 0.0439. The Labute approximate surface area is 90.3 Å². The molecule has 0 aliphatic heterocycles. The van der Waals surface area contributed by atoms with Gasteiger partial charge in [-0.05, 0) is 6.42 Å². The fraction of sp³-hybridized carbons (Fsp3) is 0.385. The average Bonchev–Trinajstić information content (AvgIpc) is 2.29. The lowest BCUT2D eigenvalue weighted by Crippen LogP contribution is -2.03. The van der Waals surface area contributed by atoms with Gasteiger partial charge in [0.15, 0.2) is 5.78 Å². The average molecular weight is 203 g/mol. The third-order valence-electron chi connectivity index (χ3n) is 2.34. The van der Waals surface area contributed by atoms with Gasteiger partial charge >= 0.3 is 0 Å². The highest BCUT2D eigenvalue weighted by atomic mass is 16.1. The third kappa shape index (κ3) is 3.31. The Morgan fingerprint density at radius 1 is 1.27 bits per heavy atom. The maximum atomic E-state index is 11.7. The van der Waals surface area contributed by atoms with Crippen LogP contribution in [0.2, 0.25) is 0 Å². The molecule has 0 saturated heterocycles. The van der Waals surface area contributed by atoms with Crippen LogP contribution in [0.4, 0.5) is 0 Å². The van der Waals surface area contributed by atoms with Gasteiger partial charge in [0, 0.05) is 17.5 Å². The monoisotopic (exact) mass is 203 g/mol. The molecule has 0 aliphatic carbocycles. The van der Waals surface area contributed by atoms with Crippen LogP contribution in [0.1, 0.15) is 48.5 Å². The number of benzene rings is 1. The molecule has 2 heteroatoms. The van der Waals surface area contributed by atoms with E-state index in [9.17, 15) is 9.59 Å². The molecule has 0 unspecified atom stereocenters. The van der Waals surface area contributed by atoms with Gasteiger partial charge in [0.25, 0.3) is 0 Å². The lowest BCUT2D eigenvalue weighted by atomic mass is 10.0. The van der Waals surface area contributed by atoms with Crippen LogP contribution < -0.4 is 0 Å². The lowest BCUT2D eigenvalue weighted by molar-refractivity contribution is 0.0979. The molecule has 0 bridgehead atoms. The predicted octanol–water partition coefficient (Wildman–Crippen LogP) is 2.91. The second-order valence-electron chi connectivity index (χ2n) is 3.53. The van der Waals surface area contributed by atoms with E-state index < -0.39 is 0 Å². The number of hydrogen-bond acceptors (Lipinski definition) is 2. The number of carbonyl (C=O) groups is 1. The van der Waals surface area contributed by atoms with Gasteiger partial charge in [-0.1, -0.05) is 44.0 Å². The van der Waals surface area contributed by atoms with Gasteiger partial charge in [0.1, 0.15) is 0 Å². The minimum atomic E-state index is 0.0439. The van der Waals surface area contributed by atoms with Crippen molar-refractivity contribution in [2.45, 2.75) is 32.6 Å². The normalized spacial score (nSPS) is 9.93. The van der Waals surface area contributed by atoms with Gasteiger partial charge in [-0.15, -0.1) is 0 Å². The number of unbranched alkanes of at least 4 members (excludes halogenated alkanes) is 2. The number of hydrogen-bond donors (Lipinski definition) is 0. The zero-order valence-electron chi connectivity index (χ0n) is 8.95. The van der Waals surface area contributed by atoms with E-state index in [1.54, 1.807) is 30.6 Å². The minimum absolute atomic E-state index is 0.0439. The molecule has 0 saturated carbocycles. The SMILES string of the molecule is CCCCCC(=O)c1ccccc1[C]=O. The van der Waals surface area contributed by atoms with Crippen molar-refractivity contribution in [1.82, 2.24) is 0 Å². The molecule has 0 aliphatic rings. The Bertz CT molecular complexity index is 342. The fourth-order valence-electron chi connectivity index (χ4n) is 1.49. The van der Waals surface area contributed by atoms with E-state index in [0.29, 0.717) is 17.5 Å².